The molecular formula is C18H21Cl3N2O. The average Bonchev–Trinajstić information content (AvgIpc) is 2.57. The second-order valence-electron chi connectivity index (χ2n) is 5.59. The third-order valence-corrected chi connectivity index (χ3v) is 4.39. The van der Waals surface area contributed by atoms with Crippen molar-refractivity contribution in [1.82, 2.24) is 4.90 Å². The lowest BCUT2D eigenvalue weighted by molar-refractivity contribution is -0.134. The van der Waals surface area contributed by atoms with Gasteiger partial charge in [-0.05, 0) is 35.4 Å². The predicted molar refractivity (Wildman–Crippen MR) is 103 cm³/mol. The highest BCUT2D eigenvalue weighted by Gasteiger charge is 2.26. The maximum atomic E-state index is 12.6. The molecule has 0 aliphatic heterocycles. The fraction of sp³-hybridized carbons (Fsp3) is 0.278. The average molecular weight is 388 g/mol. The molecule has 3 nitrogen and oxygen atoms in total. The Balaban J connectivity index is 0.00000288. The predicted octanol–water partition coefficient (Wildman–Crippen LogP) is 4.56. The summed E-state index contributed by atoms with van der Waals surface area (Å²) in [6, 6.07) is 14.8. The molecule has 0 spiro atoms. The summed E-state index contributed by atoms with van der Waals surface area (Å²) in [4.78, 5) is 14.3. The molecule has 2 aromatic carbocycles. The van der Waals surface area contributed by atoms with Gasteiger partial charge in [-0.2, -0.15) is 0 Å². The van der Waals surface area contributed by atoms with Gasteiger partial charge >= 0.3 is 0 Å². The molecule has 0 bridgehead atoms. The molecule has 0 saturated carbocycles. The van der Waals surface area contributed by atoms with Crippen LogP contribution in [0.3, 0.4) is 0 Å². The normalized spacial score (nSPS) is 11.8. The number of carbonyl (C=O) groups excluding carboxylic acids is 1. The lowest BCUT2D eigenvalue weighted by Crippen LogP contribution is -2.38. The zero-order valence-electron chi connectivity index (χ0n) is 13.6. The van der Waals surface area contributed by atoms with Crippen LogP contribution in [0.1, 0.15) is 24.1 Å². The van der Waals surface area contributed by atoms with Gasteiger partial charge < -0.3 is 10.6 Å². The maximum Gasteiger partial charge on any atom is 0.227 e. The first-order chi connectivity index (χ1) is 10.9. The van der Waals surface area contributed by atoms with Gasteiger partial charge in [-0.15, -0.1) is 12.4 Å². The molecule has 0 aliphatic rings. The minimum Gasteiger partial charge on any atom is -0.334 e. The SMILES string of the molecule is CC(CN)C(=O)N(C)C(c1ccc(Cl)cc1)c1ccc(Cl)cc1.Cl. The third kappa shape index (κ3) is 4.87. The van der Waals surface area contributed by atoms with E-state index in [1.807, 2.05) is 55.5 Å². The van der Waals surface area contributed by atoms with Gasteiger partial charge in [0.1, 0.15) is 0 Å². The molecule has 1 unspecified atom stereocenters. The van der Waals surface area contributed by atoms with Crippen LogP contribution >= 0.6 is 35.6 Å². The van der Waals surface area contributed by atoms with E-state index in [0.29, 0.717) is 16.6 Å². The van der Waals surface area contributed by atoms with E-state index in [9.17, 15) is 4.79 Å². The Labute approximate surface area is 159 Å². The number of rotatable bonds is 5. The van der Waals surface area contributed by atoms with E-state index in [2.05, 4.69) is 0 Å². The highest BCUT2D eigenvalue weighted by Crippen LogP contribution is 2.30. The number of hydrogen-bond acceptors (Lipinski definition) is 2. The van der Waals surface area contributed by atoms with Crippen LogP contribution in [0.5, 0.6) is 0 Å². The molecule has 2 N–H and O–H groups in total. The number of amides is 1. The monoisotopic (exact) mass is 386 g/mol. The van der Waals surface area contributed by atoms with Crippen molar-refractivity contribution in [3.8, 4) is 0 Å². The smallest absolute Gasteiger partial charge is 0.227 e. The Bertz CT molecular complexity index is 613. The van der Waals surface area contributed by atoms with Crippen LogP contribution in [0.2, 0.25) is 10.0 Å². The first kappa shape index (κ1) is 20.8. The van der Waals surface area contributed by atoms with Crippen LogP contribution in [0.25, 0.3) is 0 Å². The van der Waals surface area contributed by atoms with E-state index in [0.717, 1.165) is 11.1 Å². The summed E-state index contributed by atoms with van der Waals surface area (Å²) in [6.07, 6.45) is 0. The highest BCUT2D eigenvalue weighted by atomic mass is 35.5. The standard InChI is InChI=1S/C18H20Cl2N2O.ClH/c1-12(11-21)18(23)22(2)17(13-3-7-15(19)8-4-13)14-5-9-16(20)10-6-14;/h3-10,12,17H,11,21H2,1-2H3;1H. The van der Waals surface area contributed by atoms with Gasteiger partial charge in [0.05, 0.1) is 6.04 Å². The Hall–Kier alpha value is -1.26. The van der Waals surface area contributed by atoms with Gasteiger partial charge in [-0.25, -0.2) is 0 Å². The van der Waals surface area contributed by atoms with Crippen molar-refractivity contribution in [2.75, 3.05) is 13.6 Å². The molecule has 6 heteroatoms. The summed E-state index contributed by atoms with van der Waals surface area (Å²) >= 11 is 12.0. The Morgan fingerprint density at radius 1 is 1.00 bits per heavy atom. The molecule has 130 valence electrons. The van der Waals surface area contributed by atoms with E-state index >= 15 is 0 Å². The lowest BCUT2D eigenvalue weighted by Gasteiger charge is -2.31. The van der Waals surface area contributed by atoms with Gasteiger partial charge in [0.25, 0.3) is 0 Å². The van der Waals surface area contributed by atoms with Gasteiger partial charge in [0.2, 0.25) is 5.91 Å². The van der Waals surface area contributed by atoms with Crippen molar-refractivity contribution in [3.63, 3.8) is 0 Å². The first-order valence-electron chi connectivity index (χ1n) is 7.41. The second-order valence-corrected chi connectivity index (χ2v) is 6.46. The van der Waals surface area contributed by atoms with Crippen molar-refractivity contribution >= 4 is 41.5 Å². The quantitative estimate of drug-likeness (QED) is 0.817. The van der Waals surface area contributed by atoms with E-state index in [1.54, 1.807) is 11.9 Å². The zero-order valence-corrected chi connectivity index (χ0v) is 15.9. The fourth-order valence-electron chi connectivity index (χ4n) is 2.51. The molecule has 0 saturated heterocycles. The maximum absolute atomic E-state index is 12.6. The molecule has 1 atom stereocenters. The van der Waals surface area contributed by atoms with Crippen LogP contribution in [-0.2, 0) is 4.79 Å². The number of halogens is 3. The summed E-state index contributed by atoms with van der Waals surface area (Å²) < 4.78 is 0. The summed E-state index contributed by atoms with van der Waals surface area (Å²) in [5.41, 5.74) is 7.61. The fourth-order valence-corrected chi connectivity index (χ4v) is 2.76. The third-order valence-electron chi connectivity index (χ3n) is 3.88. The Morgan fingerprint density at radius 2 is 1.38 bits per heavy atom. The highest BCUT2D eigenvalue weighted by molar-refractivity contribution is 6.30. The summed E-state index contributed by atoms with van der Waals surface area (Å²) in [5.74, 6) is -0.232. The molecule has 0 fully saturated rings. The van der Waals surface area contributed by atoms with Gasteiger partial charge in [-0.1, -0.05) is 54.4 Å². The van der Waals surface area contributed by atoms with Crippen molar-refractivity contribution < 1.29 is 4.79 Å². The second kappa shape index (κ2) is 9.28. The van der Waals surface area contributed by atoms with E-state index in [-0.39, 0.29) is 30.3 Å². The summed E-state index contributed by atoms with van der Waals surface area (Å²) in [5, 5.41) is 1.32. The zero-order chi connectivity index (χ0) is 17.0. The molecule has 0 aliphatic carbocycles. The van der Waals surface area contributed by atoms with Crippen molar-refractivity contribution in [3.05, 3.63) is 69.7 Å². The van der Waals surface area contributed by atoms with Gasteiger partial charge in [0.15, 0.2) is 0 Å². The van der Waals surface area contributed by atoms with Crippen molar-refractivity contribution in [1.29, 1.82) is 0 Å². The molecule has 2 aromatic rings. The van der Waals surface area contributed by atoms with Crippen LogP contribution in [0.4, 0.5) is 0 Å². The first-order valence-corrected chi connectivity index (χ1v) is 8.17. The number of hydrogen-bond donors (Lipinski definition) is 1. The van der Waals surface area contributed by atoms with E-state index in [4.69, 9.17) is 28.9 Å². The van der Waals surface area contributed by atoms with Gasteiger partial charge in [-0.3, -0.25) is 4.79 Å². The van der Waals surface area contributed by atoms with Crippen LogP contribution < -0.4 is 5.73 Å². The molecule has 0 heterocycles. The number of carbonyl (C=O) groups is 1. The summed E-state index contributed by atoms with van der Waals surface area (Å²) in [7, 11) is 1.79. The molecular weight excluding hydrogens is 367 g/mol. The van der Waals surface area contributed by atoms with Crippen LogP contribution in [0, 0.1) is 5.92 Å². The van der Waals surface area contributed by atoms with Gasteiger partial charge in [0, 0.05) is 29.6 Å². The van der Waals surface area contributed by atoms with Crippen LogP contribution in [-0.4, -0.2) is 24.4 Å². The van der Waals surface area contributed by atoms with E-state index in [1.165, 1.54) is 0 Å². The molecule has 0 radical (unpaired) electrons. The Morgan fingerprint density at radius 3 is 1.71 bits per heavy atom. The molecule has 24 heavy (non-hydrogen) atoms. The number of nitrogens with two attached hydrogens (primary N) is 1. The minimum absolute atomic E-state index is 0. The molecule has 0 aromatic heterocycles. The molecule has 2 rings (SSSR count). The lowest BCUT2D eigenvalue weighted by atomic mass is 9.96. The number of benzene rings is 2. The molecule has 1 amide bonds. The van der Waals surface area contributed by atoms with Crippen LogP contribution in [0.15, 0.2) is 48.5 Å². The van der Waals surface area contributed by atoms with E-state index < -0.39 is 0 Å². The largest absolute Gasteiger partial charge is 0.334 e. The van der Waals surface area contributed by atoms with Crippen molar-refractivity contribution in [2.45, 2.75) is 13.0 Å². The topological polar surface area (TPSA) is 46.3 Å². The minimum atomic E-state index is -0.234. The van der Waals surface area contributed by atoms with Crippen molar-refractivity contribution in [2.24, 2.45) is 11.7 Å². The summed E-state index contributed by atoms with van der Waals surface area (Å²) in [6.45, 7) is 2.15. The Kier molecular flexibility index (Phi) is 8.04. The number of nitrogens with zero attached hydrogens (tertiary/aromatic N) is 1.